The molecule has 0 N–H and O–H groups in total. The van der Waals surface area contributed by atoms with Crippen LogP contribution in [-0.2, 0) is 6.61 Å². The minimum atomic E-state index is -0.557. The Morgan fingerprint density at radius 1 is 1.25 bits per heavy atom. The number of hydrogen-bond donors (Lipinski definition) is 0. The van der Waals surface area contributed by atoms with E-state index in [9.17, 15) is 14.9 Å². The summed E-state index contributed by atoms with van der Waals surface area (Å²) >= 11 is 0. The second-order valence-corrected chi connectivity index (χ2v) is 4.38. The Bertz CT molecular complexity index is 652. The van der Waals surface area contributed by atoms with Crippen LogP contribution in [0.2, 0.25) is 0 Å². The van der Waals surface area contributed by atoms with Gasteiger partial charge in [0.1, 0.15) is 12.9 Å². The van der Waals surface area contributed by atoms with Crippen molar-refractivity contribution in [3.05, 3.63) is 69.3 Å². The van der Waals surface area contributed by atoms with Crippen LogP contribution in [0.1, 0.15) is 21.5 Å². The van der Waals surface area contributed by atoms with Crippen molar-refractivity contribution in [1.82, 2.24) is 0 Å². The van der Waals surface area contributed by atoms with Crippen molar-refractivity contribution in [3.63, 3.8) is 0 Å². The number of nitro groups is 1. The maximum absolute atomic E-state index is 11.0. The van der Waals surface area contributed by atoms with Crippen LogP contribution in [0.5, 0.6) is 5.75 Å². The zero-order valence-corrected chi connectivity index (χ0v) is 10.9. The third-order valence-corrected chi connectivity index (χ3v) is 2.79. The van der Waals surface area contributed by atoms with E-state index in [0.29, 0.717) is 6.29 Å². The summed E-state index contributed by atoms with van der Waals surface area (Å²) in [5.74, 6) is 0.155. The molecule has 0 amide bonds. The molecule has 0 unspecified atom stereocenters. The molecule has 2 aromatic rings. The zero-order chi connectivity index (χ0) is 14.5. The van der Waals surface area contributed by atoms with Crippen molar-refractivity contribution in [2.24, 2.45) is 0 Å². The lowest BCUT2D eigenvalue weighted by Gasteiger charge is -2.07. The second-order valence-electron chi connectivity index (χ2n) is 4.38. The van der Waals surface area contributed by atoms with E-state index in [1.54, 1.807) is 0 Å². The third kappa shape index (κ3) is 3.20. The summed E-state index contributed by atoms with van der Waals surface area (Å²) < 4.78 is 5.48. The fraction of sp³-hybridized carbons (Fsp3) is 0.133. The molecule has 0 aliphatic heterocycles. The average molecular weight is 271 g/mol. The van der Waals surface area contributed by atoms with Gasteiger partial charge in [0.15, 0.2) is 5.75 Å². The zero-order valence-electron chi connectivity index (χ0n) is 10.9. The van der Waals surface area contributed by atoms with E-state index in [-0.39, 0.29) is 23.6 Å². The molecule has 20 heavy (non-hydrogen) atoms. The summed E-state index contributed by atoms with van der Waals surface area (Å²) in [6.45, 7) is 2.20. The number of rotatable bonds is 5. The molecule has 0 heterocycles. The minimum Gasteiger partial charge on any atom is -0.482 e. The van der Waals surface area contributed by atoms with Crippen LogP contribution >= 0.6 is 0 Å². The Morgan fingerprint density at radius 3 is 2.70 bits per heavy atom. The Morgan fingerprint density at radius 2 is 2.05 bits per heavy atom. The largest absolute Gasteiger partial charge is 0.482 e. The summed E-state index contributed by atoms with van der Waals surface area (Å²) in [6.07, 6.45) is 0.567. The van der Waals surface area contributed by atoms with Crippen LogP contribution < -0.4 is 4.74 Å². The maximum atomic E-state index is 11.0. The van der Waals surface area contributed by atoms with E-state index in [1.807, 2.05) is 31.2 Å². The highest BCUT2D eigenvalue weighted by atomic mass is 16.6. The first kappa shape index (κ1) is 13.7. The van der Waals surface area contributed by atoms with Gasteiger partial charge in [-0.05, 0) is 24.6 Å². The summed E-state index contributed by atoms with van der Waals surface area (Å²) in [5, 5.41) is 11.0. The van der Waals surface area contributed by atoms with E-state index in [2.05, 4.69) is 0 Å². The molecule has 0 bridgehead atoms. The molecule has 0 atom stereocenters. The molecule has 0 aromatic heterocycles. The molecular formula is C15H13NO4. The van der Waals surface area contributed by atoms with Gasteiger partial charge in [0.05, 0.1) is 4.92 Å². The summed E-state index contributed by atoms with van der Waals surface area (Å²) in [4.78, 5) is 21.1. The number of aryl methyl sites for hydroxylation is 1. The molecule has 0 fully saturated rings. The molecule has 5 nitrogen and oxygen atoms in total. The van der Waals surface area contributed by atoms with Gasteiger partial charge in [0.25, 0.3) is 0 Å². The lowest BCUT2D eigenvalue weighted by Crippen LogP contribution is -2.00. The smallest absolute Gasteiger partial charge is 0.311 e. The van der Waals surface area contributed by atoms with Gasteiger partial charge in [-0.15, -0.1) is 0 Å². The fourth-order valence-electron chi connectivity index (χ4n) is 1.84. The monoisotopic (exact) mass is 271 g/mol. The third-order valence-electron chi connectivity index (χ3n) is 2.79. The quantitative estimate of drug-likeness (QED) is 0.475. The van der Waals surface area contributed by atoms with Gasteiger partial charge in [-0.3, -0.25) is 14.9 Å². The summed E-state index contributed by atoms with van der Waals surface area (Å²) in [5.41, 5.74) is 2.07. The number of benzene rings is 2. The predicted octanol–water partition coefficient (Wildman–Crippen LogP) is 3.29. The fourth-order valence-corrected chi connectivity index (χ4v) is 1.84. The lowest BCUT2D eigenvalue weighted by molar-refractivity contribution is -0.386. The Labute approximate surface area is 116 Å². The molecule has 0 aliphatic rings. The van der Waals surface area contributed by atoms with E-state index in [4.69, 9.17) is 4.74 Å². The number of ether oxygens (including phenoxy) is 1. The topological polar surface area (TPSA) is 69.4 Å². The molecular weight excluding hydrogens is 258 g/mol. The Hall–Kier alpha value is -2.69. The van der Waals surface area contributed by atoms with Crippen LogP contribution in [0.25, 0.3) is 0 Å². The van der Waals surface area contributed by atoms with Gasteiger partial charge in [-0.1, -0.05) is 29.8 Å². The maximum Gasteiger partial charge on any atom is 0.311 e. The molecule has 0 radical (unpaired) electrons. The van der Waals surface area contributed by atoms with Gasteiger partial charge < -0.3 is 4.74 Å². The molecule has 2 rings (SSSR count). The summed E-state index contributed by atoms with van der Waals surface area (Å²) in [6, 6.07) is 11.8. The molecule has 0 saturated carbocycles. The highest BCUT2D eigenvalue weighted by Crippen LogP contribution is 2.28. The number of nitro benzene ring substituents is 1. The normalized spacial score (nSPS) is 10.1. The van der Waals surface area contributed by atoms with Crippen molar-refractivity contribution in [2.75, 3.05) is 0 Å². The minimum absolute atomic E-state index is 0.155. The van der Waals surface area contributed by atoms with Gasteiger partial charge in [0, 0.05) is 11.6 Å². The van der Waals surface area contributed by atoms with Crippen molar-refractivity contribution in [3.8, 4) is 5.75 Å². The first-order valence-electron chi connectivity index (χ1n) is 6.02. The summed E-state index contributed by atoms with van der Waals surface area (Å²) in [7, 11) is 0. The Kier molecular flexibility index (Phi) is 4.10. The van der Waals surface area contributed by atoms with Gasteiger partial charge in [-0.2, -0.15) is 0 Å². The van der Waals surface area contributed by atoms with E-state index in [0.717, 1.165) is 11.1 Å². The van der Waals surface area contributed by atoms with Crippen molar-refractivity contribution >= 4 is 12.0 Å². The molecule has 0 saturated heterocycles. The molecule has 5 heteroatoms. The number of carbonyl (C=O) groups excluding carboxylic acids is 1. The highest BCUT2D eigenvalue weighted by Gasteiger charge is 2.16. The molecule has 102 valence electrons. The number of aldehydes is 1. The van der Waals surface area contributed by atoms with Crippen LogP contribution in [0, 0.1) is 17.0 Å². The first-order valence-corrected chi connectivity index (χ1v) is 6.02. The van der Waals surface area contributed by atoms with E-state index >= 15 is 0 Å². The van der Waals surface area contributed by atoms with Crippen LogP contribution in [0.4, 0.5) is 5.69 Å². The molecule has 2 aromatic carbocycles. The van der Waals surface area contributed by atoms with Gasteiger partial charge in [0.2, 0.25) is 0 Å². The lowest BCUT2D eigenvalue weighted by atomic mass is 10.1. The van der Waals surface area contributed by atoms with Crippen LogP contribution in [-0.4, -0.2) is 11.2 Å². The van der Waals surface area contributed by atoms with Gasteiger partial charge >= 0.3 is 5.69 Å². The molecule has 0 aliphatic carbocycles. The predicted molar refractivity (Wildman–Crippen MR) is 74.0 cm³/mol. The molecule has 0 spiro atoms. The van der Waals surface area contributed by atoms with Crippen molar-refractivity contribution < 1.29 is 14.5 Å². The van der Waals surface area contributed by atoms with Crippen molar-refractivity contribution in [1.29, 1.82) is 0 Å². The van der Waals surface area contributed by atoms with Gasteiger partial charge in [-0.25, -0.2) is 0 Å². The van der Waals surface area contributed by atoms with E-state index in [1.165, 1.54) is 18.2 Å². The second kappa shape index (κ2) is 5.97. The SMILES string of the molecule is Cc1cccc(COc2ccc(C=O)cc2[N+](=O)[O-])c1. The first-order chi connectivity index (χ1) is 9.60. The van der Waals surface area contributed by atoms with Crippen LogP contribution in [0.15, 0.2) is 42.5 Å². The van der Waals surface area contributed by atoms with Crippen molar-refractivity contribution in [2.45, 2.75) is 13.5 Å². The van der Waals surface area contributed by atoms with E-state index < -0.39 is 4.92 Å². The number of nitrogens with zero attached hydrogens (tertiary/aromatic N) is 1. The number of hydrogen-bond acceptors (Lipinski definition) is 4. The average Bonchev–Trinajstić information content (AvgIpc) is 2.45. The standard InChI is InChI=1S/C15H13NO4/c1-11-3-2-4-13(7-11)10-20-15-6-5-12(9-17)8-14(15)16(18)19/h2-9H,10H2,1H3. The van der Waals surface area contributed by atoms with Crippen LogP contribution in [0.3, 0.4) is 0 Å². The Balaban J connectivity index is 2.20. The number of carbonyl (C=O) groups is 1. The highest BCUT2D eigenvalue weighted by molar-refractivity contribution is 5.77.